The number of nitrogens with zero attached hydrogens (tertiary/aromatic N) is 4. The number of thiophene rings is 1. The molecule has 8 nitrogen and oxygen atoms in total. The van der Waals surface area contributed by atoms with Crippen molar-refractivity contribution in [2.24, 2.45) is 0 Å². The van der Waals surface area contributed by atoms with Crippen molar-refractivity contribution >= 4 is 27.3 Å². The van der Waals surface area contributed by atoms with E-state index in [0.717, 1.165) is 38.0 Å². The van der Waals surface area contributed by atoms with Crippen molar-refractivity contribution in [3.8, 4) is 0 Å². The topological polar surface area (TPSA) is 83.1 Å². The predicted molar refractivity (Wildman–Crippen MR) is 119 cm³/mol. The van der Waals surface area contributed by atoms with Gasteiger partial charge in [-0.2, -0.15) is 4.31 Å². The first-order chi connectivity index (χ1) is 15.0. The SMILES string of the molecule is O=C(c1cncc(CCCN2CCN(S(=O)(=O)c3cccs3)CC2)c1)N1CCOCC1. The number of carbonyl (C=O) groups is 1. The molecule has 4 heterocycles. The van der Waals surface area contributed by atoms with E-state index in [-0.39, 0.29) is 5.91 Å². The summed E-state index contributed by atoms with van der Waals surface area (Å²) in [5.74, 6) is 0.0146. The zero-order valence-corrected chi connectivity index (χ0v) is 19.1. The number of rotatable bonds is 7. The lowest BCUT2D eigenvalue weighted by atomic mass is 10.1. The molecule has 168 valence electrons. The lowest BCUT2D eigenvalue weighted by Gasteiger charge is -2.33. The normalized spacial score (nSPS) is 18.9. The Morgan fingerprint density at radius 1 is 1.10 bits per heavy atom. The summed E-state index contributed by atoms with van der Waals surface area (Å²) in [4.78, 5) is 21.0. The summed E-state index contributed by atoms with van der Waals surface area (Å²) in [6.07, 6.45) is 5.23. The van der Waals surface area contributed by atoms with Gasteiger partial charge in [-0.3, -0.25) is 9.78 Å². The van der Waals surface area contributed by atoms with E-state index in [2.05, 4.69) is 9.88 Å². The van der Waals surface area contributed by atoms with Crippen LogP contribution in [0.3, 0.4) is 0 Å². The quantitative estimate of drug-likeness (QED) is 0.618. The van der Waals surface area contributed by atoms with E-state index in [1.807, 2.05) is 17.2 Å². The molecule has 2 aromatic rings. The monoisotopic (exact) mass is 464 g/mol. The van der Waals surface area contributed by atoms with E-state index in [9.17, 15) is 13.2 Å². The Morgan fingerprint density at radius 3 is 2.58 bits per heavy atom. The predicted octanol–water partition coefficient (Wildman–Crippen LogP) is 1.55. The minimum absolute atomic E-state index is 0.0146. The van der Waals surface area contributed by atoms with Gasteiger partial charge >= 0.3 is 0 Å². The van der Waals surface area contributed by atoms with E-state index in [1.165, 1.54) is 11.3 Å². The summed E-state index contributed by atoms with van der Waals surface area (Å²) >= 11 is 1.27. The average molecular weight is 465 g/mol. The Bertz CT molecular complexity index is 967. The van der Waals surface area contributed by atoms with E-state index in [4.69, 9.17) is 4.74 Å². The molecule has 31 heavy (non-hydrogen) atoms. The van der Waals surface area contributed by atoms with Crippen molar-refractivity contribution in [1.82, 2.24) is 19.1 Å². The number of sulfonamides is 1. The highest BCUT2D eigenvalue weighted by atomic mass is 32.2. The van der Waals surface area contributed by atoms with Crippen LogP contribution in [0, 0.1) is 0 Å². The fourth-order valence-electron chi connectivity index (χ4n) is 3.93. The Balaban J connectivity index is 1.24. The van der Waals surface area contributed by atoms with E-state index < -0.39 is 10.0 Å². The molecule has 0 saturated carbocycles. The third kappa shape index (κ3) is 5.50. The van der Waals surface area contributed by atoms with Crippen molar-refractivity contribution in [2.45, 2.75) is 17.1 Å². The van der Waals surface area contributed by atoms with Crippen LogP contribution in [-0.2, 0) is 21.2 Å². The molecule has 2 saturated heterocycles. The van der Waals surface area contributed by atoms with E-state index >= 15 is 0 Å². The molecular formula is C21H28N4O4S2. The molecule has 0 bridgehead atoms. The zero-order valence-electron chi connectivity index (χ0n) is 17.5. The van der Waals surface area contributed by atoms with Crippen LogP contribution >= 0.6 is 11.3 Å². The lowest BCUT2D eigenvalue weighted by molar-refractivity contribution is 0.0302. The Kier molecular flexibility index (Phi) is 7.34. The number of pyridine rings is 1. The Labute approximate surface area is 187 Å². The third-order valence-electron chi connectivity index (χ3n) is 5.70. The summed E-state index contributed by atoms with van der Waals surface area (Å²) in [5.41, 5.74) is 1.69. The number of hydrogen-bond donors (Lipinski definition) is 0. The second kappa shape index (κ2) is 10.2. The second-order valence-electron chi connectivity index (χ2n) is 7.77. The second-order valence-corrected chi connectivity index (χ2v) is 10.9. The summed E-state index contributed by atoms with van der Waals surface area (Å²) < 4.78 is 32.6. The lowest BCUT2D eigenvalue weighted by Crippen LogP contribution is -2.48. The molecule has 10 heteroatoms. The van der Waals surface area contributed by atoms with E-state index in [0.29, 0.717) is 49.2 Å². The van der Waals surface area contributed by atoms with Crippen LogP contribution in [0.5, 0.6) is 0 Å². The molecule has 4 rings (SSSR count). The van der Waals surface area contributed by atoms with Gasteiger partial charge in [0.25, 0.3) is 15.9 Å². The Morgan fingerprint density at radius 2 is 1.87 bits per heavy atom. The van der Waals surface area contributed by atoms with Crippen LogP contribution in [0.4, 0.5) is 0 Å². The number of ether oxygens (including phenoxy) is 1. The summed E-state index contributed by atoms with van der Waals surface area (Å²) in [5, 5.41) is 1.79. The van der Waals surface area contributed by atoms with Gasteiger partial charge in [0.2, 0.25) is 0 Å². The van der Waals surface area contributed by atoms with Crippen LogP contribution in [0.2, 0.25) is 0 Å². The van der Waals surface area contributed by atoms with Crippen molar-refractivity contribution in [1.29, 1.82) is 0 Å². The average Bonchev–Trinajstić information content (AvgIpc) is 3.36. The molecule has 0 unspecified atom stereocenters. The van der Waals surface area contributed by atoms with Crippen LogP contribution in [-0.4, -0.2) is 92.4 Å². The van der Waals surface area contributed by atoms with Gasteiger partial charge in [-0.15, -0.1) is 11.3 Å². The number of piperazine rings is 1. The number of hydrogen-bond acceptors (Lipinski definition) is 7. The summed E-state index contributed by atoms with van der Waals surface area (Å²) in [6.45, 7) is 5.82. The molecule has 2 aliphatic rings. The standard InChI is InChI=1S/C21H28N4O4S2/c26-21(24-10-12-29-13-11-24)19-15-18(16-22-17-19)3-1-5-23-6-8-25(9-7-23)31(27,28)20-4-2-14-30-20/h2,4,14-17H,1,3,5-13H2. The number of morpholine rings is 1. The largest absolute Gasteiger partial charge is 0.378 e. The van der Waals surface area contributed by atoms with Crippen molar-refractivity contribution in [3.05, 3.63) is 47.1 Å². The van der Waals surface area contributed by atoms with Gasteiger partial charge in [-0.1, -0.05) is 6.07 Å². The number of amides is 1. The molecule has 0 aromatic carbocycles. The van der Waals surface area contributed by atoms with Gasteiger partial charge in [-0.25, -0.2) is 8.42 Å². The fraction of sp³-hybridized carbons (Fsp3) is 0.524. The first-order valence-electron chi connectivity index (χ1n) is 10.6. The first kappa shape index (κ1) is 22.3. The van der Waals surface area contributed by atoms with Gasteiger partial charge in [0, 0.05) is 51.7 Å². The summed E-state index contributed by atoms with van der Waals surface area (Å²) in [6, 6.07) is 5.38. The van der Waals surface area contributed by atoms with Crippen molar-refractivity contribution in [2.75, 3.05) is 59.0 Å². The van der Waals surface area contributed by atoms with Crippen LogP contribution in [0.15, 0.2) is 40.2 Å². The molecule has 0 radical (unpaired) electrons. The highest BCUT2D eigenvalue weighted by molar-refractivity contribution is 7.91. The maximum absolute atomic E-state index is 12.6. The van der Waals surface area contributed by atoms with Gasteiger partial charge in [-0.05, 0) is 42.5 Å². The molecule has 0 N–H and O–H groups in total. The van der Waals surface area contributed by atoms with Crippen LogP contribution < -0.4 is 0 Å². The van der Waals surface area contributed by atoms with Gasteiger partial charge < -0.3 is 14.5 Å². The van der Waals surface area contributed by atoms with Crippen LogP contribution in [0.1, 0.15) is 22.3 Å². The number of aryl methyl sites for hydroxylation is 1. The minimum atomic E-state index is -3.35. The van der Waals surface area contributed by atoms with Gasteiger partial charge in [0.1, 0.15) is 4.21 Å². The molecule has 0 atom stereocenters. The van der Waals surface area contributed by atoms with Crippen LogP contribution in [0.25, 0.3) is 0 Å². The third-order valence-corrected chi connectivity index (χ3v) is 8.97. The smallest absolute Gasteiger partial charge is 0.255 e. The molecule has 0 aliphatic carbocycles. The number of carbonyl (C=O) groups excluding carboxylic acids is 1. The maximum atomic E-state index is 12.6. The van der Waals surface area contributed by atoms with Crippen molar-refractivity contribution < 1.29 is 17.9 Å². The highest BCUT2D eigenvalue weighted by Crippen LogP contribution is 2.22. The maximum Gasteiger partial charge on any atom is 0.255 e. The van der Waals surface area contributed by atoms with Gasteiger partial charge in [0.05, 0.1) is 18.8 Å². The Hall–Kier alpha value is -1.85. The zero-order chi connectivity index (χ0) is 21.7. The molecule has 1 amide bonds. The molecule has 2 fully saturated rings. The van der Waals surface area contributed by atoms with Gasteiger partial charge in [0.15, 0.2) is 0 Å². The minimum Gasteiger partial charge on any atom is -0.378 e. The summed E-state index contributed by atoms with van der Waals surface area (Å²) in [7, 11) is -3.35. The first-order valence-corrected chi connectivity index (χ1v) is 12.9. The number of aromatic nitrogens is 1. The molecule has 2 aliphatic heterocycles. The van der Waals surface area contributed by atoms with E-state index in [1.54, 1.807) is 28.0 Å². The molecular weight excluding hydrogens is 436 g/mol. The van der Waals surface area contributed by atoms with Crippen molar-refractivity contribution in [3.63, 3.8) is 0 Å². The fourth-order valence-corrected chi connectivity index (χ4v) is 6.49. The molecule has 0 spiro atoms. The highest BCUT2D eigenvalue weighted by Gasteiger charge is 2.28. The molecule has 2 aromatic heterocycles.